The van der Waals surface area contributed by atoms with Crippen LogP contribution in [0.3, 0.4) is 0 Å². The number of piperidine rings is 1. The highest BCUT2D eigenvalue weighted by molar-refractivity contribution is 6.29. The Morgan fingerprint density at radius 2 is 2.44 bits per heavy atom. The molecular weight excluding hydrogens is 229 g/mol. The van der Waals surface area contributed by atoms with Crippen LogP contribution in [0, 0.1) is 5.82 Å². The summed E-state index contributed by atoms with van der Waals surface area (Å²) in [6.07, 6.45) is 3.90. The predicted molar refractivity (Wildman–Crippen MR) is 63.5 cm³/mol. The van der Waals surface area contributed by atoms with E-state index >= 15 is 0 Å². The van der Waals surface area contributed by atoms with Crippen molar-refractivity contribution < 1.29 is 4.39 Å². The second-order valence-electron chi connectivity index (χ2n) is 4.04. The maximum atomic E-state index is 13.3. The summed E-state index contributed by atoms with van der Waals surface area (Å²) < 4.78 is 13.3. The van der Waals surface area contributed by atoms with Gasteiger partial charge >= 0.3 is 0 Å². The molecule has 1 fully saturated rings. The average Bonchev–Trinajstić information content (AvgIpc) is 2.33. The van der Waals surface area contributed by atoms with Crippen LogP contribution in [-0.2, 0) is 0 Å². The molecule has 16 heavy (non-hydrogen) atoms. The molecule has 0 spiro atoms. The molecule has 0 radical (unpaired) electrons. The fourth-order valence-corrected chi connectivity index (χ4v) is 2.13. The zero-order valence-electron chi connectivity index (χ0n) is 9.21. The van der Waals surface area contributed by atoms with Crippen LogP contribution in [0.5, 0.6) is 0 Å². The van der Waals surface area contributed by atoms with Crippen molar-refractivity contribution in [2.24, 2.45) is 0 Å². The van der Waals surface area contributed by atoms with Gasteiger partial charge in [-0.1, -0.05) is 11.6 Å². The molecule has 0 aliphatic carbocycles. The SMILES string of the molecule is CN[C@H]1CCCN(c2cnc(Cl)c(F)c2)C1. The molecular formula is C11H15ClFN3. The summed E-state index contributed by atoms with van der Waals surface area (Å²) in [5.41, 5.74) is 0.807. The number of likely N-dealkylation sites (N-methyl/N-ethyl adjacent to an activating group) is 1. The molecule has 1 saturated heterocycles. The largest absolute Gasteiger partial charge is 0.369 e. The quantitative estimate of drug-likeness (QED) is 0.806. The van der Waals surface area contributed by atoms with Crippen LogP contribution in [0.1, 0.15) is 12.8 Å². The lowest BCUT2D eigenvalue weighted by Crippen LogP contribution is -2.44. The summed E-state index contributed by atoms with van der Waals surface area (Å²) in [7, 11) is 1.95. The van der Waals surface area contributed by atoms with E-state index in [4.69, 9.17) is 11.6 Å². The minimum atomic E-state index is -0.453. The van der Waals surface area contributed by atoms with Gasteiger partial charge in [0.15, 0.2) is 11.0 Å². The van der Waals surface area contributed by atoms with Crippen molar-refractivity contribution in [1.29, 1.82) is 0 Å². The Bertz CT molecular complexity index is 372. The van der Waals surface area contributed by atoms with Gasteiger partial charge in [0.1, 0.15) is 0 Å². The first-order valence-electron chi connectivity index (χ1n) is 5.44. The van der Waals surface area contributed by atoms with Gasteiger partial charge in [0.2, 0.25) is 0 Å². The lowest BCUT2D eigenvalue weighted by molar-refractivity contribution is 0.449. The highest BCUT2D eigenvalue weighted by Crippen LogP contribution is 2.22. The van der Waals surface area contributed by atoms with Crippen molar-refractivity contribution in [1.82, 2.24) is 10.3 Å². The Balaban J connectivity index is 2.13. The maximum Gasteiger partial charge on any atom is 0.164 e. The van der Waals surface area contributed by atoms with Crippen molar-refractivity contribution in [2.45, 2.75) is 18.9 Å². The number of aromatic nitrogens is 1. The van der Waals surface area contributed by atoms with Gasteiger partial charge in [-0.2, -0.15) is 0 Å². The zero-order chi connectivity index (χ0) is 11.5. The summed E-state index contributed by atoms with van der Waals surface area (Å²) in [6, 6.07) is 1.92. The minimum Gasteiger partial charge on any atom is -0.369 e. The highest BCUT2D eigenvalue weighted by Gasteiger charge is 2.19. The predicted octanol–water partition coefficient (Wildman–Crippen LogP) is 2.06. The van der Waals surface area contributed by atoms with E-state index in [0.717, 1.165) is 31.6 Å². The Labute approximate surface area is 99.6 Å². The molecule has 3 nitrogen and oxygen atoms in total. The summed E-state index contributed by atoms with van der Waals surface area (Å²) >= 11 is 5.56. The lowest BCUT2D eigenvalue weighted by Gasteiger charge is -2.34. The molecule has 2 rings (SSSR count). The third-order valence-corrected chi connectivity index (χ3v) is 3.25. The minimum absolute atomic E-state index is 0.0640. The van der Waals surface area contributed by atoms with Crippen molar-refractivity contribution >= 4 is 17.3 Å². The van der Waals surface area contributed by atoms with Crippen molar-refractivity contribution in [3.8, 4) is 0 Å². The summed E-state index contributed by atoms with van der Waals surface area (Å²) in [4.78, 5) is 5.97. The number of hydrogen-bond acceptors (Lipinski definition) is 3. The molecule has 1 aliphatic heterocycles. The van der Waals surface area contributed by atoms with Gasteiger partial charge in [0, 0.05) is 25.2 Å². The molecule has 0 unspecified atom stereocenters. The molecule has 2 heterocycles. The van der Waals surface area contributed by atoms with E-state index in [1.165, 1.54) is 6.07 Å². The van der Waals surface area contributed by atoms with E-state index in [1.807, 2.05) is 7.05 Å². The average molecular weight is 244 g/mol. The number of nitrogens with zero attached hydrogens (tertiary/aromatic N) is 2. The molecule has 1 atom stereocenters. The Morgan fingerprint density at radius 1 is 1.62 bits per heavy atom. The van der Waals surface area contributed by atoms with E-state index in [0.29, 0.717) is 6.04 Å². The number of rotatable bonds is 2. The van der Waals surface area contributed by atoms with Crippen LogP contribution in [0.15, 0.2) is 12.3 Å². The molecule has 0 aromatic carbocycles. The third-order valence-electron chi connectivity index (χ3n) is 2.98. The molecule has 1 aromatic heterocycles. The van der Waals surface area contributed by atoms with Gasteiger partial charge in [-0.25, -0.2) is 9.37 Å². The van der Waals surface area contributed by atoms with E-state index < -0.39 is 5.82 Å². The van der Waals surface area contributed by atoms with Gasteiger partial charge in [0.05, 0.1) is 11.9 Å². The van der Waals surface area contributed by atoms with E-state index in [-0.39, 0.29) is 5.15 Å². The van der Waals surface area contributed by atoms with Crippen molar-refractivity contribution in [2.75, 3.05) is 25.0 Å². The summed E-state index contributed by atoms with van der Waals surface area (Å²) in [5, 5.41) is 3.18. The number of anilines is 1. The highest BCUT2D eigenvalue weighted by atomic mass is 35.5. The van der Waals surface area contributed by atoms with Gasteiger partial charge in [-0.05, 0) is 19.9 Å². The maximum absolute atomic E-state index is 13.3. The van der Waals surface area contributed by atoms with E-state index in [9.17, 15) is 4.39 Å². The Morgan fingerprint density at radius 3 is 3.12 bits per heavy atom. The first-order chi connectivity index (χ1) is 7.70. The number of pyridine rings is 1. The van der Waals surface area contributed by atoms with Crippen LogP contribution in [0.25, 0.3) is 0 Å². The monoisotopic (exact) mass is 243 g/mol. The van der Waals surface area contributed by atoms with Gasteiger partial charge < -0.3 is 10.2 Å². The van der Waals surface area contributed by atoms with Crippen LogP contribution in [0.2, 0.25) is 5.15 Å². The first kappa shape index (κ1) is 11.6. The van der Waals surface area contributed by atoms with Gasteiger partial charge in [-0.3, -0.25) is 0 Å². The van der Waals surface area contributed by atoms with Crippen LogP contribution in [0.4, 0.5) is 10.1 Å². The number of hydrogen-bond donors (Lipinski definition) is 1. The Kier molecular flexibility index (Phi) is 3.61. The molecule has 0 saturated carbocycles. The molecule has 1 aromatic rings. The molecule has 0 amide bonds. The molecule has 1 aliphatic rings. The molecule has 88 valence electrons. The van der Waals surface area contributed by atoms with Gasteiger partial charge in [0.25, 0.3) is 0 Å². The second kappa shape index (κ2) is 4.97. The molecule has 5 heteroatoms. The van der Waals surface area contributed by atoms with Crippen LogP contribution in [-0.4, -0.2) is 31.2 Å². The van der Waals surface area contributed by atoms with Crippen molar-refractivity contribution in [3.63, 3.8) is 0 Å². The topological polar surface area (TPSA) is 28.2 Å². The van der Waals surface area contributed by atoms with E-state index in [2.05, 4.69) is 15.2 Å². The second-order valence-corrected chi connectivity index (χ2v) is 4.40. The molecule has 1 N–H and O–H groups in total. The smallest absolute Gasteiger partial charge is 0.164 e. The fraction of sp³-hybridized carbons (Fsp3) is 0.545. The standard InChI is InChI=1S/C11H15ClFN3/c1-14-8-3-2-4-16(7-8)9-5-10(13)11(12)15-6-9/h5-6,8,14H,2-4,7H2,1H3/t8-/m0/s1. The first-order valence-corrected chi connectivity index (χ1v) is 5.81. The van der Waals surface area contributed by atoms with Gasteiger partial charge in [-0.15, -0.1) is 0 Å². The Hall–Kier alpha value is -0.870. The number of halogens is 2. The van der Waals surface area contributed by atoms with Crippen LogP contribution < -0.4 is 10.2 Å². The third kappa shape index (κ3) is 2.44. The number of nitrogens with one attached hydrogen (secondary N) is 1. The zero-order valence-corrected chi connectivity index (χ0v) is 9.97. The normalized spacial score (nSPS) is 21.2. The summed E-state index contributed by atoms with van der Waals surface area (Å²) in [6.45, 7) is 1.83. The van der Waals surface area contributed by atoms with E-state index in [1.54, 1.807) is 6.20 Å². The summed E-state index contributed by atoms with van der Waals surface area (Å²) in [5.74, 6) is -0.453. The van der Waals surface area contributed by atoms with Crippen molar-refractivity contribution in [3.05, 3.63) is 23.2 Å². The lowest BCUT2D eigenvalue weighted by atomic mass is 10.1. The van der Waals surface area contributed by atoms with Crippen LogP contribution >= 0.6 is 11.6 Å². The molecule has 0 bridgehead atoms. The fourth-order valence-electron chi connectivity index (χ4n) is 2.03.